The van der Waals surface area contributed by atoms with Crippen molar-refractivity contribution in [3.8, 4) is 11.1 Å². The van der Waals surface area contributed by atoms with E-state index in [2.05, 4.69) is 69.9 Å². The fourth-order valence-electron chi connectivity index (χ4n) is 8.97. The Balaban J connectivity index is 1.02. The summed E-state index contributed by atoms with van der Waals surface area (Å²) in [7, 11) is 2.99. The minimum atomic E-state index is -0.717. The van der Waals surface area contributed by atoms with Crippen LogP contribution in [-0.4, -0.2) is 70.2 Å². The number of rotatable bonds is 8. The van der Waals surface area contributed by atoms with E-state index in [4.69, 9.17) is 19.4 Å². The van der Waals surface area contributed by atoms with Gasteiger partial charge in [-0.05, 0) is 89.6 Å². The van der Waals surface area contributed by atoms with Gasteiger partial charge in [0.2, 0.25) is 5.91 Å². The highest BCUT2D eigenvalue weighted by Gasteiger charge is 2.47. The van der Waals surface area contributed by atoms with Crippen LogP contribution in [0.1, 0.15) is 63.1 Å². The molecule has 262 valence electrons. The van der Waals surface area contributed by atoms with Crippen molar-refractivity contribution in [2.24, 2.45) is 23.7 Å². The molecule has 3 aliphatic rings. The van der Waals surface area contributed by atoms with E-state index < -0.39 is 12.1 Å². The Morgan fingerprint density at radius 1 is 0.824 bits per heavy atom. The summed E-state index contributed by atoms with van der Waals surface area (Å²) in [6.07, 6.45) is 4.07. The number of ether oxygens (including phenoxy) is 2. The molecule has 0 radical (unpaired) electrons. The van der Waals surface area contributed by atoms with E-state index in [1.54, 1.807) is 7.11 Å². The van der Waals surface area contributed by atoms with Crippen LogP contribution in [0.3, 0.4) is 0 Å². The average Bonchev–Trinajstić information content (AvgIpc) is 3.63. The number of amides is 2. The largest absolute Gasteiger partial charge is 0.453 e. The highest BCUT2D eigenvalue weighted by atomic mass is 16.5. The lowest BCUT2D eigenvalue weighted by Gasteiger charge is -2.30. The van der Waals surface area contributed by atoms with Crippen molar-refractivity contribution in [1.82, 2.24) is 30.2 Å². The average molecular weight is 685 g/mol. The Morgan fingerprint density at radius 3 is 2.02 bits per heavy atom. The number of likely N-dealkylation sites (tertiary alicyclic amines) is 1. The molecule has 1 saturated heterocycles. The molecule has 6 aromatic rings. The first-order valence-corrected chi connectivity index (χ1v) is 18.3. The van der Waals surface area contributed by atoms with E-state index in [-0.39, 0.29) is 23.8 Å². The number of hydrogen-bond donors (Lipinski definition) is 3. The molecule has 0 unspecified atom stereocenters. The smallest absolute Gasteiger partial charge is 0.407 e. The third kappa shape index (κ3) is 5.60. The van der Waals surface area contributed by atoms with Gasteiger partial charge in [-0.1, -0.05) is 50.2 Å². The zero-order valence-corrected chi connectivity index (χ0v) is 29.5. The highest BCUT2D eigenvalue weighted by Crippen LogP contribution is 2.57. The Morgan fingerprint density at radius 2 is 1.43 bits per heavy atom. The first-order chi connectivity index (χ1) is 24.8. The summed E-state index contributed by atoms with van der Waals surface area (Å²) in [6.45, 7) is 4.89. The van der Waals surface area contributed by atoms with Gasteiger partial charge in [-0.2, -0.15) is 0 Å². The predicted octanol–water partition coefficient (Wildman–Crippen LogP) is 7.84. The van der Waals surface area contributed by atoms with Gasteiger partial charge in [0.1, 0.15) is 17.7 Å². The molecule has 2 saturated carbocycles. The number of aromatic nitrogens is 4. The maximum absolute atomic E-state index is 14.0. The predicted molar refractivity (Wildman–Crippen MR) is 198 cm³/mol. The monoisotopic (exact) mass is 684 g/mol. The van der Waals surface area contributed by atoms with Gasteiger partial charge < -0.3 is 29.7 Å². The summed E-state index contributed by atoms with van der Waals surface area (Å²) in [5, 5.41) is 7.33. The third-order valence-electron chi connectivity index (χ3n) is 11.7. The molecule has 6 atom stereocenters. The van der Waals surface area contributed by atoms with E-state index in [0.29, 0.717) is 25.5 Å². The standard InChI is InChI=1S/C41H44N6O4/c1-21(2)35(46-41(49)51-4)40(48)47-19-22(20-50-3)13-34(47)39-43-33-12-8-26-15-24(6-10-31(26)37(33)45-39)23-5-9-30-25(14-23)7-11-32-36(30)44-38(42-32)29-17-27-16-28(27)18-29/h5-12,14-15,21-22,27-29,34-35H,13,16-20H2,1-4H3,(H,42,44)(H,43,45)(H,46,49)/t22-,27-,28+,29-,34-,35-/m0/s1. The molecule has 3 fully saturated rings. The van der Waals surface area contributed by atoms with Crippen molar-refractivity contribution in [2.75, 3.05) is 27.4 Å². The number of alkyl carbamates (subject to hydrolysis) is 1. The summed E-state index contributed by atoms with van der Waals surface area (Å²) in [5.74, 6) is 4.21. The van der Waals surface area contributed by atoms with Crippen molar-refractivity contribution in [3.05, 3.63) is 72.3 Å². The molecule has 0 spiro atoms. The number of H-pyrrole nitrogens is 2. The maximum atomic E-state index is 14.0. The Kier molecular flexibility index (Phi) is 7.76. The van der Waals surface area contributed by atoms with E-state index in [0.717, 1.165) is 67.5 Å². The molecule has 10 nitrogen and oxygen atoms in total. The molecule has 2 aromatic heterocycles. The van der Waals surface area contributed by atoms with E-state index in [1.165, 1.54) is 37.1 Å². The maximum Gasteiger partial charge on any atom is 0.407 e. The number of carbonyl (C=O) groups is 2. The van der Waals surface area contributed by atoms with Gasteiger partial charge in [0.15, 0.2) is 0 Å². The van der Waals surface area contributed by atoms with Crippen LogP contribution in [0.15, 0.2) is 60.7 Å². The number of imidazole rings is 2. The highest BCUT2D eigenvalue weighted by molar-refractivity contribution is 6.07. The van der Waals surface area contributed by atoms with Crippen LogP contribution >= 0.6 is 0 Å². The van der Waals surface area contributed by atoms with Crippen LogP contribution in [0.5, 0.6) is 0 Å². The second-order valence-electron chi connectivity index (χ2n) is 15.4. The van der Waals surface area contributed by atoms with E-state index in [1.807, 2.05) is 24.8 Å². The molecule has 0 bridgehead atoms. The minimum absolute atomic E-state index is 0.124. The number of methoxy groups -OCH3 is 2. The lowest BCUT2D eigenvalue weighted by molar-refractivity contribution is -0.135. The molecule has 51 heavy (non-hydrogen) atoms. The Bertz CT molecular complexity index is 2320. The van der Waals surface area contributed by atoms with E-state index in [9.17, 15) is 9.59 Å². The number of fused-ring (bicyclic) bond motifs is 7. The minimum Gasteiger partial charge on any atom is -0.453 e. The fourth-order valence-corrected chi connectivity index (χ4v) is 8.97. The molecular formula is C41H44N6O4. The number of carbonyl (C=O) groups excluding carboxylic acids is 2. The number of hydrogen-bond acceptors (Lipinski definition) is 6. The van der Waals surface area contributed by atoms with Crippen LogP contribution < -0.4 is 5.32 Å². The number of nitrogens with zero attached hydrogens (tertiary/aromatic N) is 3. The zero-order chi connectivity index (χ0) is 35.0. The molecule has 10 heteroatoms. The molecule has 4 aromatic carbocycles. The SMILES string of the molecule is COC[C@H]1C[C@@H](c2nc3ccc4cc(-c5ccc6c(ccc7nc([C@H]8C[C@@H]9C[C@@H]9C8)[nH]c76)c5)ccc4c3[nH]2)N(C(=O)[C@@H](NC(=O)OC)C(C)C)C1. The summed E-state index contributed by atoms with van der Waals surface area (Å²) in [4.78, 5) is 45.3. The molecule has 2 amide bonds. The number of nitrogens with one attached hydrogen (secondary N) is 3. The van der Waals surface area contributed by atoms with Crippen LogP contribution in [0, 0.1) is 23.7 Å². The lowest BCUT2D eigenvalue weighted by atomic mass is 9.98. The van der Waals surface area contributed by atoms with E-state index >= 15 is 0 Å². The van der Waals surface area contributed by atoms with Crippen molar-refractivity contribution < 1.29 is 19.1 Å². The van der Waals surface area contributed by atoms with Gasteiger partial charge in [-0.15, -0.1) is 0 Å². The second kappa shape index (κ2) is 12.4. The number of aromatic amines is 2. The molecule has 9 rings (SSSR count). The van der Waals surface area contributed by atoms with Crippen molar-refractivity contribution in [3.63, 3.8) is 0 Å². The van der Waals surface area contributed by atoms with Crippen LogP contribution in [-0.2, 0) is 14.3 Å². The first-order valence-electron chi connectivity index (χ1n) is 18.3. The van der Waals surface area contributed by atoms with Crippen molar-refractivity contribution >= 4 is 55.6 Å². The van der Waals surface area contributed by atoms with Gasteiger partial charge in [-0.25, -0.2) is 14.8 Å². The van der Waals surface area contributed by atoms with Gasteiger partial charge in [-0.3, -0.25) is 4.79 Å². The third-order valence-corrected chi connectivity index (χ3v) is 11.7. The molecule has 3 N–H and O–H groups in total. The van der Waals surface area contributed by atoms with Gasteiger partial charge in [0.05, 0.1) is 41.8 Å². The molecular weight excluding hydrogens is 640 g/mol. The Labute approximate surface area is 296 Å². The van der Waals surface area contributed by atoms with Gasteiger partial charge >= 0.3 is 6.09 Å². The fraction of sp³-hybridized carbons (Fsp3) is 0.415. The lowest BCUT2D eigenvalue weighted by Crippen LogP contribution is -2.51. The van der Waals surface area contributed by atoms with Crippen LogP contribution in [0.25, 0.3) is 54.7 Å². The second-order valence-corrected chi connectivity index (χ2v) is 15.4. The molecule has 3 heterocycles. The zero-order valence-electron chi connectivity index (χ0n) is 29.5. The molecule has 1 aliphatic heterocycles. The normalized spacial score (nSPS) is 23.5. The summed E-state index contributed by atoms with van der Waals surface area (Å²) < 4.78 is 10.3. The van der Waals surface area contributed by atoms with Gasteiger partial charge in [0.25, 0.3) is 0 Å². The summed E-state index contributed by atoms with van der Waals surface area (Å²) in [6, 6.07) is 20.8. The quantitative estimate of drug-likeness (QED) is 0.150. The Hall–Kier alpha value is -4.96. The van der Waals surface area contributed by atoms with Crippen molar-refractivity contribution in [1.29, 1.82) is 0 Å². The van der Waals surface area contributed by atoms with Crippen LogP contribution in [0.2, 0.25) is 0 Å². The summed E-state index contributed by atoms with van der Waals surface area (Å²) in [5.41, 5.74) is 6.29. The topological polar surface area (TPSA) is 125 Å². The van der Waals surface area contributed by atoms with Crippen molar-refractivity contribution in [2.45, 2.75) is 57.5 Å². The molecule has 2 aliphatic carbocycles. The summed E-state index contributed by atoms with van der Waals surface area (Å²) >= 11 is 0. The number of benzene rings is 4. The van der Waals surface area contributed by atoms with Gasteiger partial charge in [0, 0.05) is 36.3 Å². The first kappa shape index (κ1) is 32.0. The van der Waals surface area contributed by atoms with Crippen LogP contribution in [0.4, 0.5) is 4.79 Å².